The van der Waals surface area contributed by atoms with Crippen molar-refractivity contribution >= 4 is 5.95 Å². The molecule has 6 heteroatoms. The molecule has 1 aromatic carbocycles. The SMILES string of the molecule is COc1nc(N2CCC(O)(c3ccccc3C)C2)ncc1F. The molecule has 116 valence electrons. The number of aromatic nitrogens is 2. The van der Waals surface area contributed by atoms with Gasteiger partial charge in [-0.2, -0.15) is 9.37 Å². The molecule has 0 saturated carbocycles. The van der Waals surface area contributed by atoms with E-state index < -0.39 is 11.4 Å². The molecule has 1 unspecified atom stereocenters. The van der Waals surface area contributed by atoms with Gasteiger partial charge in [0.05, 0.1) is 19.9 Å². The first-order valence-electron chi connectivity index (χ1n) is 7.13. The first-order chi connectivity index (χ1) is 10.5. The number of ether oxygens (including phenoxy) is 1. The maximum atomic E-state index is 13.4. The van der Waals surface area contributed by atoms with Gasteiger partial charge in [0.2, 0.25) is 11.8 Å². The van der Waals surface area contributed by atoms with Gasteiger partial charge in [0.15, 0.2) is 0 Å². The molecule has 1 saturated heterocycles. The Labute approximate surface area is 128 Å². The van der Waals surface area contributed by atoms with Crippen LogP contribution in [0.15, 0.2) is 30.5 Å². The number of methoxy groups -OCH3 is 1. The van der Waals surface area contributed by atoms with Gasteiger partial charge >= 0.3 is 0 Å². The molecule has 0 aliphatic carbocycles. The molecule has 0 spiro atoms. The van der Waals surface area contributed by atoms with E-state index in [1.165, 1.54) is 7.11 Å². The summed E-state index contributed by atoms with van der Waals surface area (Å²) in [5.74, 6) is -0.321. The molecular weight excluding hydrogens is 285 g/mol. The number of benzene rings is 1. The highest BCUT2D eigenvalue weighted by Crippen LogP contribution is 2.35. The molecule has 1 aliphatic rings. The highest BCUT2D eigenvalue weighted by atomic mass is 19.1. The fourth-order valence-corrected chi connectivity index (χ4v) is 2.92. The van der Waals surface area contributed by atoms with Crippen LogP contribution < -0.4 is 9.64 Å². The van der Waals surface area contributed by atoms with Crippen molar-refractivity contribution in [1.29, 1.82) is 0 Å². The van der Waals surface area contributed by atoms with Gasteiger partial charge in [0.1, 0.15) is 5.60 Å². The zero-order chi connectivity index (χ0) is 15.7. The summed E-state index contributed by atoms with van der Waals surface area (Å²) in [5.41, 5.74) is 1.01. The smallest absolute Gasteiger partial charge is 0.255 e. The van der Waals surface area contributed by atoms with Crippen LogP contribution in [0.5, 0.6) is 5.88 Å². The van der Waals surface area contributed by atoms with E-state index >= 15 is 0 Å². The molecule has 0 radical (unpaired) electrons. The van der Waals surface area contributed by atoms with E-state index in [0.29, 0.717) is 25.5 Å². The number of hydrogen-bond acceptors (Lipinski definition) is 5. The largest absolute Gasteiger partial charge is 0.479 e. The van der Waals surface area contributed by atoms with Crippen molar-refractivity contribution in [2.45, 2.75) is 18.9 Å². The van der Waals surface area contributed by atoms with E-state index in [-0.39, 0.29) is 5.88 Å². The molecule has 3 rings (SSSR count). The summed E-state index contributed by atoms with van der Waals surface area (Å²) in [6.45, 7) is 2.94. The normalized spacial score (nSPS) is 21.2. The van der Waals surface area contributed by atoms with Crippen LogP contribution in [0.2, 0.25) is 0 Å². The Kier molecular flexibility index (Phi) is 3.70. The van der Waals surface area contributed by atoms with Gasteiger partial charge in [-0.15, -0.1) is 0 Å². The second-order valence-corrected chi connectivity index (χ2v) is 5.55. The zero-order valence-corrected chi connectivity index (χ0v) is 12.6. The third kappa shape index (κ3) is 2.50. The van der Waals surface area contributed by atoms with Gasteiger partial charge < -0.3 is 14.7 Å². The fraction of sp³-hybridized carbons (Fsp3) is 0.375. The summed E-state index contributed by atoms with van der Waals surface area (Å²) in [5, 5.41) is 11.0. The Balaban J connectivity index is 1.87. The number of aryl methyl sites for hydroxylation is 1. The van der Waals surface area contributed by atoms with E-state index in [2.05, 4.69) is 9.97 Å². The number of anilines is 1. The van der Waals surface area contributed by atoms with Crippen molar-refractivity contribution in [3.63, 3.8) is 0 Å². The minimum Gasteiger partial charge on any atom is -0.479 e. The molecule has 1 aromatic heterocycles. The third-order valence-corrected chi connectivity index (χ3v) is 4.07. The van der Waals surface area contributed by atoms with E-state index in [1.54, 1.807) is 0 Å². The minimum absolute atomic E-state index is 0.0867. The van der Waals surface area contributed by atoms with Crippen LogP contribution in [0.1, 0.15) is 17.5 Å². The first-order valence-corrected chi connectivity index (χ1v) is 7.13. The van der Waals surface area contributed by atoms with Crippen LogP contribution in [0.3, 0.4) is 0 Å². The van der Waals surface area contributed by atoms with Gasteiger partial charge in [-0.05, 0) is 24.5 Å². The summed E-state index contributed by atoms with van der Waals surface area (Å²) in [7, 11) is 1.36. The molecular formula is C16H18FN3O2. The van der Waals surface area contributed by atoms with Crippen LogP contribution in [-0.4, -0.2) is 35.3 Å². The zero-order valence-electron chi connectivity index (χ0n) is 12.6. The monoisotopic (exact) mass is 303 g/mol. The Morgan fingerprint density at radius 3 is 2.86 bits per heavy atom. The lowest BCUT2D eigenvalue weighted by Crippen LogP contribution is -2.32. The van der Waals surface area contributed by atoms with Gasteiger partial charge in [-0.25, -0.2) is 4.98 Å². The standard InChI is InChI=1S/C16H18FN3O2/c1-11-5-3-4-6-12(11)16(21)7-8-20(10-16)15-18-9-13(17)14(19-15)22-2/h3-6,9,21H,7-8,10H2,1-2H3. The Bertz CT molecular complexity index is 695. The average Bonchev–Trinajstić information content (AvgIpc) is 2.91. The first kappa shape index (κ1) is 14.7. The van der Waals surface area contributed by atoms with Crippen LogP contribution in [0.25, 0.3) is 0 Å². The van der Waals surface area contributed by atoms with Gasteiger partial charge in [-0.3, -0.25) is 0 Å². The molecule has 0 amide bonds. The summed E-state index contributed by atoms with van der Waals surface area (Å²) >= 11 is 0. The van der Waals surface area contributed by atoms with E-state index in [0.717, 1.165) is 17.3 Å². The third-order valence-electron chi connectivity index (χ3n) is 4.07. The van der Waals surface area contributed by atoms with E-state index in [9.17, 15) is 9.50 Å². The van der Waals surface area contributed by atoms with Crippen molar-refractivity contribution < 1.29 is 14.2 Å². The van der Waals surface area contributed by atoms with E-state index in [1.807, 2.05) is 36.1 Å². The van der Waals surface area contributed by atoms with Crippen molar-refractivity contribution in [3.8, 4) is 5.88 Å². The Hall–Kier alpha value is -2.21. The second kappa shape index (κ2) is 5.53. The topological polar surface area (TPSA) is 58.5 Å². The average molecular weight is 303 g/mol. The van der Waals surface area contributed by atoms with Crippen molar-refractivity contribution in [2.24, 2.45) is 0 Å². The van der Waals surface area contributed by atoms with Crippen molar-refractivity contribution in [3.05, 3.63) is 47.4 Å². The molecule has 22 heavy (non-hydrogen) atoms. The lowest BCUT2D eigenvalue weighted by atomic mass is 9.89. The quantitative estimate of drug-likeness (QED) is 0.940. The molecule has 2 aromatic rings. The Morgan fingerprint density at radius 2 is 2.14 bits per heavy atom. The van der Waals surface area contributed by atoms with Gasteiger partial charge in [0, 0.05) is 6.54 Å². The van der Waals surface area contributed by atoms with Gasteiger partial charge in [0.25, 0.3) is 5.88 Å². The molecule has 5 nitrogen and oxygen atoms in total. The second-order valence-electron chi connectivity index (χ2n) is 5.55. The predicted molar refractivity (Wildman–Crippen MR) is 80.4 cm³/mol. The number of aliphatic hydroxyl groups is 1. The van der Waals surface area contributed by atoms with Crippen LogP contribution in [0, 0.1) is 12.7 Å². The van der Waals surface area contributed by atoms with Crippen LogP contribution in [-0.2, 0) is 5.60 Å². The molecule has 0 bridgehead atoms. The molecule has 1 N–H and O–H groups in total. The summed E-state index contributed by atoms with van der Waals surface area (Å²) in [6.07, 6.45) is 1.66. The van der Waals surface area contributed by atoms with Crippen molar-refractivity contribution in [1.82, 2.24) is 9.97 Å². The number of rotatable bonds is 3. The van der Waals surface area contributed by atoms with E-state index in [4.69, 9.17) is 4.74 Å². The predicted octanol–water partition coefficient (Wildman–Crippen LogP) is 2.03. The maximum absolute atomic E-state index is 13.4. The molecule has 1 atom stereocenters. The Morgan fingerprint density at radius 1 is 1.36 bits per heavy atom. The van der Waals surface area contributed by atoms with Crippen molar-refractivity contribution in [2.75, 3.05) is 25.1 Å². The van der Waals surface area contributed by atoms with Gasteiger partial charge in [-0.1, -0.05) is 24.3 Å². The van der Waals surface area contributed by atoms with Crippen LogP contribution >= 0.6 is 0 Å². The molecule has 1 fully saturated rings. The van der Waals surface area contributed by atoms with Crippen LogP contribution in [0.4, 0.5) is 10.3 Å². The lowest BCUT2D eigenvalue weighted by molar-refractivity contribution is 0.0599. The summed E-state index contributed by atoms with van der Waals surface area (Å²) in [4.78, 5) is 9.90. The number of halogens is 1. The lowest BCUT2D eigenvalue weighted by Gasteiger charge is -2.25. The molecule has 2 heterocycles. The minimum atomic E-state index is -0.948. The number of nitrogens with zero attached hydrogens (tertiary/aromatic N) is 3. The highest BCUT2D eigenvalue weighted by Gasteiger charge is 2.39. The fourth-order valence-electron chi connectivity index (χ4n) is 2.92. The number of hydrogen-bond donors (Lipinski definition) is 1. The number of β-amino-alcohol motifs (C(OH)–C–C–N with tert-alkyl or cyclic N) is 1. The molecule has 1 aliphatic heterocycles. The summed E-state index contributed by atoms with van der Waals surface area (Å²) in [6, 6.07) is 7.78. The maximum Gasteiger partial charge on any atom is 0.255 e. The highest BCUT2D eigenvalue weighted by molar-refractivity contribution is 5.40. The summed E-state index contributed by atoms with van der Waals surface area (Å²) < 4.78 is 18.3.